The Labute approximate surface area is 115 Å². The van der Waals surface area contributed by atoms with Crippen LogP contribution >= 0.6 is 11.6 Å². The molecule has 19 heavy (non-hydrogen) atoms. The van der Waals surface area contributed by atoms with E-state index in [1.807, 2.05) is 0 Å². The Hall–Kier alpha value is -2.01. The first-order valence-electron chi connectivity index (χ1n) is 5.48. The summed E-state index contributed by atoms with van der Waals surface area (Å²) < 4.78 is 10.5. The van der Waals surface area contributed by atoms with Crippen molar-refractivity contribution in [3.8, 4) is 11.5 Å². The number of rotatable bonds is 4. The summed E-state index contributed by atoms with van der Waals surface area (Å²) in [5.41, 5.74) is 1.41. The maximum Gasteiger partial charge on any atom is 0.367 e. The average molecular weight is 282 g/mol. The molecule has 0 bridgehead atoms. The van der Waals surface area contributed by atoms with Crippen LogP contribution in [0.15, 0.2) is 28.9 Å². The molecule has 0 aromatic heterocycles. The lowest BCUT2D eigenvalue weighted by atomic mass is 10.1. The number of alkyl halides is 1. The normalized spacial score (nSPS) is 16.3. The third-order valence-corrected chi connectivity index (χ3v) is 2.88. The summed E-state index contributed by atoms with van der Waals surface area (Å²) >= 11 is 5.71. The van der Waals surface area contributed by atoms with E-state index >= 15 is 0 Å². The number of hydrogen-bond acceptors (Lipinski definition) is 5. The molecule has 0 N–H and O–H groups in total. The second kappa shape index (κ2) is 5.75. The molecule has 1 heterocycles. The third kappa shape index (κ3) is 2.56. The molecule has 0 amide bonds. The lowest BCUT2D eigenvalue weighted by Gasteiger charge is -2.10. The van der Waals surface area contributed by atoms with Crippen molar-refractivity contribution in [1.82, 2.24) is 0 Å². The van der Waals surface area contributed by atoms with Gasteiger partial charge in [0.05, 0.1) is 25.7 Å². The SMILES string of the molecule is COc1cccc(/C=C2\C(=O)ON=C2CCl)c1OC. The molecule has 1 aromatic rings. The van der Waals surface area contributed by atoms with E-state index in [1.165, 1.54) is 7.11 Å². The lowest BCUT2D eigenvalue weighted by Crippen LogP contribution is -2.06. The van der Waals surface area contributed by atoms with Gasteiger partial charge in [-0.3, -0.25) is 0 Å². The van der Waals surface area contributed by atoms with Gasteiger partial charge in [-0.2, -0.15) is 0 Å². The van der Waals surface area contributed by atoms with Crippen LogP contribution in [0, 0.1) is 0 Å². The minimum absolute atomic E-state index is 0.101. The zero-order valence-corrected chi connectivity index (χ0v) is 11.2. The quantitative estimate of drug-likeness (QED) is 0.482. The summed E-state index contributed by atoms with van der Waals surface area (Å²) in [6, 6.07) is 5.36. The minimum Gasteiger partial charge on any atom is -0.493 e. The molecule has 0 aliphatic carbocycles. The number of carbonyl (C=O) groups excluding carboxylic acids is 1. The van der Waals surface area contributed by atoms with Gasteiger partial charge in [0.2, 0.25) is 0 Å². The molecule has 0 saturated heterocycles. The third-order valence-electron chi connectivity index (χ3n) is 2.63. The zero-order valence-electron chi connectivity index (χ0n) is 10.5. The number of nitrogens with zero attached hydrogens (tertiary/aromatic N) is 1. The Morgan fingerprint density at radius 3 is 2.79 bits per heavy atom. The summed E-state index contributed by atoms with van der Waals surface area (Å²) in [5.74, 6) is 0.684. The van der Waals surface area contributed by atoms with Crippen molar-refractivity contribution < 1.29 is 19.1 Å². The van der Waals surface area contributed by atoms with E-state index in [0.29, 0.717) is 28.3 Å². The van der Waals surface area contributed by atoms with E-state index in [1.54, 1.807) is 31.4 Å². The van der Waals surface area contributed by atoms with Crippen LogP contribution in [0.5, 0.6) is 11.5 Å². The second-order valence-corrected chi connectivity index (χ2v) is 3.96. The molecule has 0 atom stereocenters. The summed E-state index contributed by atoms with van der Waals surface area (Å²) in [4.78, 5) is 16.2. The fourth-order valence-electron chi connectivity index (χ4n) is 1.73. The van der Waals surface area contributed by atoms with Gasteiger partial charge in [-0.15, -0.1) is 11.6 Å². The van der Waals surface area contributed by atoms with E-state index < -0.39 is 5.97 Å². The highest BCUT2D eigenvalue weighted by atomic mass is 35.5. The number of carbonyl (C=O) groups is 1. The smallest absolute Gasteiger partial charge is 0.367 e. The Balaban J connectivity index is 2.48. The van der Waals surface area contributed by atoms with Crippen LogP contribution in [0.4, 0.5) is 0 Å². The second-order valence-electron chi connectivity index (χ2n) is 3.69. The van der Waals surface area contributed by atoms with Crippen molar-refractivity contribution in [3.05, 3.63) is 29.3 Å². The van der Waals surface area contributed by atoms with Crippen molar-refractivity contribution in [2.24, 2.45) is 5.16 Å². The highest BCUT2D eigenvalue weighted by molar-refractivity contribution is 6.38. The molecule has 1 aliphatic rings. The van der Waals surface area contributed by atoms with Crippen LogP contribution < -0.4 is 9.47 Å². The molecular weight excluding hydrogens is 270 g/mol. The Kier molecular flexibility index (Phi) is 4.06. The standard InChI is InChI=1S/C13H12ClNO4/c1-17-11-5-3-4-8(12(11)18-2)6-9-10(7-14)15-19-13(9)16/h3-6H,7H2,1-2H3/b9-6-. The van der Waals surface area contributed by atoms with E-state index in [-0.39, 0.29) is 5.88 Å². The molecule has 1 aromatic carbocycles. The van der Waals surface area contributed by atoms with E-state index in [4.69, 9.17) is 21.1 Å². The first-order valence-corrected chi connectivity index (χ1v) is 6.02. The number of methoxy groups -OCH3 is 2. The molecule has 2 rings (SSSR count). The number of ether oxygens (including phenoxy) is 2. The predicted molar refractivity (Wildman–Crippen MR) is 71.8 cm³/mol. The van der Waals surface area contributed by atoms with Gasteiger partial charge >= 0.3 is 5.97 Å². The van der Waals surface area contributed by atoms with E-state index in [2.05, 4.69) is 9.99 Å². The molecule has 0 fully saturated rings. The molecule has 0 unspecified atom stereocenters. The number of para-hydroxylation sites is 1. The van der Waals surface area contributed by atoms with Crippen LogP contribution in [0.1, 0.15) is 5.56 Å². The molecule has 0 spiro atoms. The van der Waals surface area contributed by atoms with Crippen molar-refractivity contribution in [3.63, 3.8) is 0 Å². The van der Waals surface area contributed by atoms with Gasteiger partial charge in [-0.25, -0.2) is 4.79 Å². The van der Waals surface area contributed by atoms with Gasteiger partial charge in [0.15, 0.2) is 11.5 Å². The number of benzene rings is 1. The Morgan fingerprint density at radius 1 is 1.37 bits per heavy atom. The first kappa shape index (κ1) is 13.4. The van der Waals surface area contributed by atoms with Crippen molar-refractivity contribution in [2.45, 2.75) is 0 Å². The summed E-state index contributed by atoms with van der Waals surface area (Å²) in [6.07, 6.45) is 1.62. The highest BCUT2D eigenvalue weighted by Crippen LogP contribution is 2.32. The van der Waals surface area contributed by atoms with Crippen LogP contribution in [0.2, 0.25) is 0 Å². The summed E-state index contributed by atoms with van der Waals surface area (Å²) in [7, 11) is 3.08. The molecular formula is C13H12ClNO4. The van der Waals surface area contributed by atoms with Crippen LogP contribution in [0.25, 0.3) is 6.08 Å². The Bertz CT molecular complexity index is 566. The fraction of sp³-hybridized carbons (Fsp3) is 0.231. The monoisotopic (exact) mass is 281 g/mol. The van der Waals surface area contributed by atoms with Gasteiger partial charge < -0.3 is 14.3 Å². The largest absolute Gasteiger partial charge is 0.493 e. The van der Waals surface area contributed by atoms with Gasteiger partial charge in [0.25, 0.3) is 0 Å². The van der Waals surface area contributed by atoms with Gasteiger partial charge in [-0.1, -0.05) is 17.3 Å². The minimum atomic E-state index is -0.527. The molecule has 100 valence electrons. The van der Waals surface area contributed by atoms with Crippen molar-refractivity contribution >= 4 is 29.4 Å². The molecule has 6 heteroatoms. The average Bonchev–Trinajstić information content (AvgIpc) is 2.79. The van der Waals surface area contributed by atoms with Gasteiger partial charge in [-0.05, 0) is 12.1 Å². The maximum atomic E-state index is 11.6. The number of oxime groups is 1. The van der Waals surface area contributed by atoms with E-state index in [9.17, 15) is 4.79 Å². The van der Waals surface area contributed by atoms with Crippen LogP contribution in [-0.2, 0) is 9.63 Å². The van der Waals surface area contributed by atoms with Crippen molar-refractivity contribution in [1.29, 1.82) is 0 Å². The molecule has 0 saturated carbocycles. The molecule has 1 aliphatic heterocycles. The molecule has 0 radical (unpaired) electrons. The molecule has 5 nitrogen and oxygen atoms in total. The summed E-state index contributed by atoms with van der Waals surface area (Å²) in [5, 5.41) is 3.61. The maximum absolute atomic E-state index is 11.6. The van der Waals surface area contributed by atoms with Crippen molar-refractivity contribution in [2.75, 3.05) is 20.1 Å². The fourth-order valence-corrected chi connectivity index (χ4v) is 1.93. The zero-order chi connectivity index (χ0) is 13.8. The van der Waals surface area contributed by atoms with Crippen LogP contribution in [0.3, 0.4) is 0 Å². The Morgan fingerprint density at radius 2 is 2.16 bits per heavy atom. The first-order chi connectivity index (χ1) is 9.21. The number of halogens is 1. The lowest BCUT2D eigenvalue weighted by molar-refractivity contribution is -0.136. The van der Waals surface area contributed by atoms with E-state index in [0.717, 1.165) is 0 Å². The topological polar surface area (TPSA) is 57.1 Å². The van der Waals surface area contributed by atoms with Gasteiger partial charge in [0.1, 0.15) is 5.71 Å². The highest BCUT2D eigenvalue weighted by Gasteiger charge is 2.25. The van der Waals surface area contributed by atoms with Gasteiger partial charge in [0, 0.05) is 5.56 Å². The van der Waals surface area contributed by atoms with Crippen LogP contribution in [-0.4, -0.2) is 31.8 Å². The summed E-state index contributed by atoms with van der Waals surface area (Å²) in [6.45, 7) is 0. The number of hydrogen-bond donors (Lipinski definition) is 0. The predicted octanol–water partition coefficient (Wildman–Crippen LogP) is 2.24.